The number of nitrogens with zero attached hydrogens (tertiary/aromatic N) is 1. The Morgan fingerprint density at radius 1 is 1.44 bits per heavy atom. The first-order valence-corrected chi connectivity index (χ1v) is 7.62. The predicted octanol–water partition coefficient (Wildman–Crippen LogP) is 2.28. The average molecular weight is 266 g/mol. The fourth-order valence-corrected chi connectivity index (χ4v) is 3.33. The van der Waals surface area contributed by atoms with Crippen molar-refractivity contribution < 1.29 is 4.79 Å². The molecule has 0 aromatic carbocycles. The highest BCUT2D eigenvalue weighted by Crippen LogP contribution is 2.12. The van der Waals surface area contributed by atoms with E-state index in [9.17, 15) is 4.79 Å². The molecule has 100 valence electrons. The van der Waals surface area contributed by atoms with E-state index in [1.54, 1.807) is 11.3 Å². The highest BCUT2D eigenvalue weighted by Gasteiger charge is 2.23. The summed E-state index contributed by atoms with van der Waals surface area (Å²) in [5.74, 6) is 0.255. The highest BCUT2D eigenvalue weighted by molar-refractivity contribution is 7.09. The molecule has 1 aromatic rings. The molecule has 4 heteroatoms. The van der Waals surface area contributed by atoms with Gasteiger partial charge in [0.1, 0.15) is 0 Å². The van der Waals surface area contributed by atoms with Crippen molar-refractivity contribution in [3.63, 3.8) is 0 Å². The highest BCUT2D eigenvalue weighted by atomic mass is 32.1. The van der Waals surface area contributed by atoms with Crippen molar-refractivity contribution in [2.24, 2.45) is 0 Å². The summed E-state index contributed by atoms with van der Waals surface area (Å²) in [5, 5.41) is 5.51. The lowest BCUT2D eigenvalue weighted by Gasteiger charge is -2.24. The average Bonchev–Trinajstić information content (AvgIpc) is 2.99. The zero-order chi connectivity index (χ0) is 13.0. The summed E-state index contributed by atoms with van der Waals surface area (Å²) in [7, 11) is 0. The molecule has 2 atom stereocenters. The largest absolute Gasteiger partial charge is 0.341 e. The second-order valence-corrected chi connectivity index (χ2v) is 6.14. The first-order chi connectivity index (χ1) is 8.66. The van der Waals surface area contributed by atoms with Gasteiger partial charge in [0.05, 0.1) is 6.04 Å². The molecule has 1 aliphatic heterocycles. The third-order valence-corrected chi connectivity index (χ3v) is 4.31. The Labute approximate surface area is 113 Å². The van der Waals surface area contributed by atoms with E-state index in [1.165, 1.54) is 4.88 Å². The molecule has 1 aromatic heterocycles. The molecule has 3 nitrogen and oxygen atoms in total. The number of carbonyl (C=O) groups is 1. The van der Waals surface area contributed by atoms with Gasteiger partial charge < -0.3 is 10.2 Å². The molecule has 18 heavy (non-hydrogen) atoms. The van der Waals surface area contributed by atoms with Crippen LogP contribution in [0.15, 0.2) is 17.5 Å². The molecule has 2 heterocycles. The maximum absolute atomic E-state index is 12.1. The minimum absolute atomic E-state index is 0.0712. The van der Waals surface area contributed by atoms with Crippen molar-refractivity contribution in [3.8, 4) is 0 Å². The van der Waals surface area contributed by atoms with Crippen LogP contribution in [0.4, 0.5) is 0 Å². The minimum Gasteiger partial charge on any atom is -0.341 e. The van der Waals surface area contributed by atoms with Crippen LogP contribution in [0, 0.1) is 0 Å². The molecule has 2 unspecified atom stereocenters. The summed E-state index contributed by atoms with van der Waals surface area (Å²) in [5.41, 5.74) is 0. The van der Waals surface area contributed by atoms with Gasteiger partial charge in [-0.05, 0) is 44.6 Å². The third-order valence-electron chi connectivity index (χ3n) is 3.41. The van der Waals surface area contributed by atoms with Crippen molar-refractivity contribution in [2.75, 3.05) is 13.1 Å². The normalized spacial score (nSPS) is 18.9. The van der Waals surface area contributed by atoms with Crippen LogP contribution in [0.2, 0.25) is 0 Å². The Kier molecular flexibility index (Phi) is 4.78. The summed E-state index contributed by atoms with van der Waals surface area (Å²) in [6.45, 7) is 5.99. The first kappa shape index (κ1) is 13.6. The van der Waals surface area contributed by atoms with E-state index in [1.807, 2.05) is 11.8 Å². The van der Waals surface area contributed by atoms with E-state index < -0.39 is 0 Å². The maximum Gasteiger partial charge on any atom is 0.239 e. The third kappa shape index (κ3) is 3.56. The fraction of sp³-hybridized carbons (Fsp3) is 0.643. The smallest absolute Gasteiger partial charge is 0.239 e. The van der Waals surface area contributed by atoms with Gasteiger partial charge in [-0.3, -0.25) is 4.79 Å². The van der Waals surface area contributed by atoms with Crippen LogP contribution in [0.25, 0.3) is 0 Å². The van der Waals surface area contributed by atoms with E-state index in [0.717, 1.165) is 32.4 Å². The standard InChI is InChI=1S/C14H22N2OS/c1-11(10-13-6-5-9-18-13)15-12(2)14(17)16-7-3-4-8-16/h5-6,9,11-12,15H,3-4,7-8,10H2,1-2H3. The van der Waals surface area contributed by atoms with Crippen molar-refractivity contribution >= 4 is 17.2 Å². The zero-order valence-corrected chi connectivity index (χ0v) is 12.0. The Balaban J connectivity index is 1.79. The minimum atomic E-state index is -0.0712. The molecule has 2 rings (SSSR count). The van der Waals surface area contributed by atoms with Crippen LogP contribution in [-0.4, -0.2) is 36.0 Å². The molecule has 0 spiro atoms. The Morgan fingerprint density at radius 3 is 2.78 bits per heavy atom. The number of hydrogen-bond donors (Lipinski definition) is 1. The number of hydrogen-bond acceptors (Lipinski definition) is 3. The van der Waals surface area contributed by atoms with Gasteiger partial charge in [0.15, 0.2) is 0 Å². The number of nitrogens with one attached hydrogen (secondary N) is 1. The Bertz CT molecular complexity index is 371. The molecule has 0 radical (unpaired) electrons. The van der Waals surface area contributed by atoms with Crippen LogP contribution in [0.1, 0.15) is 31.6 Å². The van der Waals surface area contributed by atoms with E-state index in [-0.39, 0.29) is 11.9 Å². The van der Waals surface area contributed by atoms with Gasteiger partial charge in [0.2, 0.25) is 5.91 Å². The molecule has 0 bridgehead atoms. The SMILES string of the molecule is CC(Cc1cccs1)NC(C)C(=O)N1CCCC1. The van der Waals surface area contributed by atoms with Crippen LogP contribution in [0.3, 0.4) is 0 Å². The van der Waals surface area contributed by atoms with Crippen molar-refractivity contribution in [1.82, 2.24) is 10.2 Å². The van der Waals surface area contributed by atoms with E-state index in [4.69, 9.17) is 0 Å². The molecule has 1 fully saturated rings. The molecule has 1 N–H and O–H groups in total. The quantitative estimate of drug-likeness (QED) is 0.887. The van der Waals surface area contributed by atoms with Crippen LogP contribution >= 0.6 is 11.3 Å². The summed E-state index contributed by atoms with van der Waals surface area (Å²) < 4.78 is 0. The molecule has 1 amide bonds. The molecule has 1 saturated heterocycles. The molecule has 0 aliphatic carbocycles. The lowest BCUT2D eigenvalue weighted by molar-refractivity contribution is -0.132. The van der Waals surface area contributed by atoms with E-state index >= 15 is 0 Å². The summed E-state index contributed by atoms with van der Waals surface area (Å²) in [4.78, 5) is 15.5. The van der Waals surface area contributed by atoms with Crippen LogP contribution in [-0.2, 0) is 11.2 Å². The summed E-state index contributed by atoms with van der Waals surface area (Å²) >= 11 is 1.78. The first-order valence-electron chi connectivity index (χ1n) is 6.74. The molecular weight excluding hydrogens is 244 g/mol. The lowest BCUT2D eigenvalue weighted by atomic mass is 10.1. The fourth-order valence-electron chi connectivity index (χ4n) is 2.50. The van der Waals surface area contributed by atoms with Gasteiger partial charge in [0.25, 0.3) is 0 Å². The summed E-state index contributed by atoms with van der Waals surface area (Å²) in [6, 6.07) is 4.49. The predicted molar refractivity (Wildman–Crippen MR) is 75.9 cm³/mol. The second kappa shape index (κ2) is 6.34. The second-order valence-electron chi connectivity index (χ2n) is 5.11. The van der Waals surface area contributed by atoms with Crippen LogP contribution < -0.4 is 5.32 Å². The zero-order valence-electron chi connectivity index (χ0n) is 11.2. The monoisotopic (exact) mass is 266 g/mol. The number of rotatable bonds is 5. The topological polar surface area (TPSA) is 32.3 Å². The number of carbonyl (C=O) groups excluding carboxylic acids is 1. The maximum atomic E-state index is 12.1. The number of likely N-dealkylation sites (tertiary alicyclic amines) is 1. The van der Waals surface area contributed by atoms with Crippen molar-refractivity contribution in [3.05, 3.63) is 22.4 Å². The molecular formula is C14H22N2OS. The van der Waals surface area contributed by atoms with Gasteiger partial charge in [-0.25, -0.2) is 0 Å². The van der Waals surface area contributed by atoms with Gasteiger partial charge in [-0.2, -0.15) is 0 Å². The van der Waals surface area contributed by atoms with Gasteiger partial charge in [-0.1, -0.05) is 6.07 Å². The van der Waals surface area contributed by atoms with Gasteiger partial charge in [0, 0.05) is 24.0 Å². The Morgan fingerprint density at radius 2 is 2.17 bits per heavy atom. The van der Waals surface area contributed by atoms with Crippen molar-refractivity contribution in [1.29, 1.82) is 0 Å². The summed E-state index contributed by atoms with van der Waals surface area (Å²) in [6.07, 6.45) is 3.31. The number of amides is 1. The molecule has 0 saturated carbocycles. The van der Waals surface area contributed by atoms with E-state index in [2.05, 4.69) is 29.8 Å². The van der Waals surface area contributed by atoms with Gasteiger partial charge >= 0.3 is 0 Å². The van der Waals surface area contributed by atoms with Crippen molar-refractivity contribution in [2.45, 2.75) is 45.2 Å². The van der Waals surface area contributed by atoms with Crippen LogP contribution in [0.5, 0.6) is 0 Å². The molecule has 1 aliphatic rings. The number of thiophene rings is 1. The van der Waals surface area contributed by atoms with E-state index in [0.29, 0.717) is 6.04 Å². The Hall–Kier alpha value is -0.870. The lowest BCUT2D eigenvalue weighted by Crippen LogP contribution is -2.47. The van der Waals surface area contributed by atoms with Gasteiger partial charge in [-0.15, -0.1) is 11.3 Å².